The van der Waals surface area contributed by atoms with E-state index in [4.69, 9.17) is 9.47 Å². The van der Waals surface area contributed by atoms with Gasteiger partial charge >= 0.3 is 0 Å². The molecular weight excluding hydrogens is 254 g/mol. The van der Waals surface area contributed by atoms with Crippen LogP contribution in [-0.2, 0) is 11.3 Å². The van der Waals surface area contributed by atoms with E-state index in [9.17, 15) is 5.11 Å². The number of rotatable bonds is 4. The summed E-state index contributed by atoms with van der Waals surface area (Å²) in [5, 5.41) is 12.9. The highest BCUT2D eigenvalue weighted by Crippen LogP contribution is 2.36. The fourth-order valence-electron chi connectivity index (χ4n) is 2.44. The normalized spacial score (nSPS) is 16.6. The lowest BCUT2D eigenvalue weighted by atomic mass is 10.1. The van der Waals surface area contributed by atoms with Crippen molar-refractivity contribution in [1.82, 2.24) is 0 Å². The molecule has 0 amide bonds. The van der Waals surface area contributed by atoms with Gasteiger partial charge < -0.3 is 19.9 Å². The van der Waals surface area contributed by atoms with Crippen LogP contribution < -0.4 is 10.1 Å². The van der Waals surface area contributed by atoms with Crippen LogP contribution in [0.5, 0.6) is 11.5 Å². The van der Waals surface area contributed by atoms with Gasteiger partial charge in [0.25, 0.3) is 0 Å². The van der Waals surface area contributed by atoms with Gasteiger partial charge in [-0.1, -0.05) is 12.1 Å². The maximum atomic E-state index is 9.45. The second-order valence-corrected chi connectivity index (χ2v) is 4.86. The third-order valence-electron chi connectivity index (χ3n) is 3.36. The number of phenols is 1. The Labute approximate surface area is 118 Å². The van der Waals surface area contributed by atoms with Crippen LogP contribution in [0.4, 0.5) is 5.69 Å². The highest BCUT2D eigenvalue weighted by Gasteiger charge is 2.24. The Kier molecular flexibility index (Phi) is 3.48. The summed E-state index contributed by atoms with van der Waals surface area (Å²) in [5.41, 5.74) is 3.23. The zero-order chi connectivity index (χ0) is 13.9. The number of phenolic OH excluding ortho intramolecular Hbond substituents is 1. The molecule has 2 N–H and O–H groups in total. The number of methoxy groups -OCH3 is 1. The molecule has 4 nitrogen and oxygen atoms in total. The molecule has 3 rings (SSSR count). The minimum absolute atomic E-state index is 0.100. The van der Waals surface area contributed by atoms with E-state index in [1.165, 1.54) is 0 Å². The van der Waals surface area contributed by atoms with Crippen molar-refractivity contribution < 1.29 is 14.6 Å². The Morgan fingerprint density at radius 1 is 1.30 bits per heavy atom. The lowest BCUT2D eigenvalue weighted by Gasteiger charge is -2.14. The first-order valence-corrected chi connectivity index (χ1v) is 6.56. The second-order valence-electron chi connectivity index (χ2n) is 4.86. The fourth-order valence-corrected chi connectivity index (χ4v) is 2.44. The Morgan fingerprint density at radius 2 is 2.20 bits per heavy atom. The molecule has 2 aromatic carbocycles. The second kappa shape index (κ2) is 5.43. The summed E-state index contributed by atoms with van der Waals surface area (Å²) in [5.74, 6) is 0.974. The van der Waals surface area contributed by atoms with Gasteiger partial charge in [0, 0.05) is 24.4 Å². The predicted molar refractivity (Wildman–Crippen MR) is 77.1 cm³/mol. The molecule has 0 aromatic heterocycles. The van der Waals surface area contributed by atoms with Crippen molar-refractivity contribution in [3.8, 4) is 11.5 Å². The van der Waals surface area contributed by atoms with E-state index in [-0.39, 0.29) is 11.8 Å². The van der Waals surface area contributed by atoms with Crippen LogP contribution in [-0.4, -0.2) is 18.8 Å². The number of ether oxygens (including phenoxy) is 2. The zero-order valence-corrected chi connectivity index (χ0v) is 11.3. The van der Waals surface area contributed by atoms with Crippen LogP contribution in [0.15, 0.2) is 42.5 Å². The number of aromatic hydroxyl groups is 1. The van der Waals surface area contributed by atoms with E-state index < -0.39 is 0 Å². The summed E-state index contributed by atoms with van der Waals surface area (Å²) in [4.78, 5) is 0. The topological polar surface area (TPSA) is 50.7 Å². The Balaban J connectivity index is 1.78. The zero-order valence-electron chi connectivity index (χ0n) is 11.3. The monoisotopic (exact) mass is 271 g/mol. The van der Waals surface area contributed by atoms with Crippen LogP contribution >= 0.6 is 0 Å². The van der Waals surface area contributed by atoms with Crippen molar-refractivity contribution in [1.29, 1.82) is 0 Å². The number of nitrogens with one attached hydrogen (secondary N) is 1. The molecule has 0 saturated carbocycles. The largest absolute Gasteiger partial charge is 0.508 e. The molecule has 0 saturated heterocycles. The molecule has 2 aromatic rings. The first-order valence-electron chi connectivity index (χ1n) is 6.56. The molecule has 1 unspecified atom stereocenters. The molecule has 0 spiro atoms. The SMILES string of the molecule is COCc1cccc(NC2COc3cc(O)ccc32)c1. The summed E-state index contributed by atoms with van der Waals surface area (Å²) in [7, 11) is 1.69. The molecule has 0 radical (unpaired) electrons. The highest BCUT2D eigenvalue weighted by atomic mass is 16.5. The van der Waals surface area contributed by atoms with E-state index in [0.717, 1.165) is 22.6 Å². The third kappa shape index (κ3) is 2.56. The van der Waals surface area contributed by atoms with E-state index in [0.29, 0.717) is 13.2 Å². The van der Waals surface area contributed by atoms with Gasteiger partial charge in [0.15, 0.2) is 0 Å². The molecule has 1 aliphatic rings. The first-order chi connectivity index (χ1) is 9.76. The Hall–Kier alpha value is -2.20. The predicted octanol–water partition coefficient (Wildman–Crippen LogP) is 3.08. The molecule has 20 heavy (non-hydrogen) atoms. The maximum absolute atomic E-state index is 9.45. The molecule has 4 heteroatoms. The highest BCUT2D eigenvalue weighted by molar-refractivity contribution is 5.52. The standard InChI is InChI=1S/C16H17NO3/c1-19-9-11-3-2-4-12(7-11)17-15-10-20-16-8-13(18)5-6-14(15)16/h2-8,15,17-18H,9-10H2,1H3. The van der Waals surface area contributed by atoms with Crippen molar-refractivity contribution in [3.63, 3.8) is 0 Å². The molecule has 0 fully saturated rings. The average Bonchev–Trinajstić information content (AvgIpc) is 2.82. The van der Waals surface area contributed by atoms with Gasteiger partial charge in [0.2, 0.25) is 0 Å². The van der Waals surface area contributed by atoms with Crippen molar-refractivity contribution in [3.05, 3.63) is 53.6 Å². The summed E-state index contributed by atoms with van der Waals surface area (Å²) in [6.45, 7) is 1.16. The Morgan fingerprint density at radius 3 is 3.05 bits per heavy atom. The Bertz CT molecular complexity index is 612. The van der Waals surface area contributed by atoms with Gasteiger partial charge in [-0.15, -0.1) is 0 Å². The minimum atomic E-state index is 0.100. The minimum Gasteiger partial charge on any atom is -0.508 e. The number of anilines is 1. The maximum Gasteiger partial charge on any atom is 0.128 e. The molecule has 0 aliphatic carbocycles. The van der Waals surface area contributed by atoms with Gasteiger partial charge in [-0.25, -0.2) is 0 Å². The molecular formula is C16H17NO3. The quantitative estimate of drug-likeness (QED) is 0.897. The van der Waals surface area contributed by atoms with Crippen LogP contribution in [0.25, 0.3) is 0 Å². The van der Waals surface area contributed by atoms with E-state index >= 15 is 0 Å². The van der Waals surface area contributed by atoms with Gasteiger partial charge in [-0.3, -0.25) is 0 Å². The first kappa shape index (κ1) is 12.8. The lowest BCUT2D eigenvalue weighted by Crippen LogP contribution is -2.12. The van der Waals surface area contributed by atoms with Gasteiger partial charge in [0.05, 0.1) is 12.6 Å². The number of hydrogen-bond donors (Lipinski definition) is 2. The third-order valence-corrected chi connectivity index (χ3v) is 3.36. The van der Waals surface area contributed by atoms with E-state index in [1.807, 2.05) is 24.3 Å². The van der Waals surface area contributed by atoms with Crippen molar-refractivity contribution in [2.75, 3.05) is 19.0 Å². The van der Waals surface area contributed by atoms with E-state index in [1.54, 1.807) is 19.2 Å². The fraction of sp³-hybridized carbons (Fsp3) is 0.250. The number of hydrogen-bond acceptors (Lipinski definition) is 4. The van der Waals surface area contributed by atoms with Gasteiger partial charge in [-0.2, -0.15) is 0 Å². The summed E-state index contributed by atoms with van der Waals surface area (Å²) in [6.07, 6.45) is 0. The molecule has 1 atom stereocenters. The summed E-state index contributed by atoms with van der Waals surface area (Å²) >= 11 is 0. The average molecular weight is 271 g/mol. The van der Waals surface area contributed by atoms with Crippen LogP contribution in [0, 0.1) is 0 Å². The lowest BCUT2D eigenvalue weighted by molar-refractivity contribution is 0.185. The smallest absolute Gasteiger partial charge is 0.128 e. The van der Waals surface area contributed by atoms with Crippen molar-refractivity contribution in [2.45, 2.75) is 12.6 Å². The summed E-state index contributed by atoms with van der Waals surface area (Å²) < 4.78 is 10.7. The van der Waals surface area contributed by atoms with Crippen LogP contribution in [0.3, 0.4) is 0 Å². The van der Waals surface area contributed by atoms with Crippen molar-refractivity contribution in [2.24, 2.45) is 0 Å². The molecule has 0 bridgehead atoms. The van der Waals surface area contributed by atoms with Gasteiger partial charge in [0.1, 0.15) is 18.1 Å². The molecule has 104 valence electrons. The van der Waals surface area contributed by atoms with Crippen molar-refractivity contribution >= 4 is 5.69 Å². The van der Waals surface area contributed by atoms with Gasteiger partial charge in [-0.05, 0) is 29.8 Å². The molecule has 1 aliphatic heterocycles. The van der Waals surface area contributed by atoms with Crippen LogP contribution in [0.2, 0.25) is 0 Å². The summed E-state index contributed by atoms with van der Waals surface area (Å²) in [6, 6.07) is 13.5. The number of fused-ring (bicyclic) bond motifs is 1. The van der Waals surface area contributed by atoms with Crippen LogP contribution in [0.1, 0.15) is 17.2 Å². The number of benzene rings is 2. The van der Waals surface area contributed by atoms with E-state index in [2.05, 4.69) is 11.4 Å². The molecule has 1 heterocycles.